The number of hydrogen-bond acceptors (Lipinski definition) is 7. The van der Waals surface area contributed by atoms with Crippen LogP contribution in [0.4, 0.5) is 5.82 Å². The maximum atomic E-state index is 12.4. The number of aromatic nitrogens is 5. The number of thiazole rings is 1. The van der Waals surface area contributed by atoms with Gasteiger partial charge in [0.1, 0.15) is 5.02 Å². The van der Waals surface area contributed by atoms with Gasteiger partial charge in [0, 0.05) is 43.2 Å². The minimum absolute atomic E-state index is 0.0579. The Morgan fingerprint density at radius 2 is 1.97 bits per heavy atom. The number of halogens is 1. The van der Waals surface area contributed by atoms with Gasteiger partial charge in [-0.3, -0.25) is 9.78 Å². The lowest BCUT2D eigenvalue weighted by Crippen LogP contribution is -2.33. The Bertz CT molecular complexity index is 1310. The molecule has 0 atom stereocenters. The molecular formula is C20H17ClN6OS. The van der Waals surface area contributed by atoms with Crippen LogP contribution in [0.25, 0.3) is 16.1 Å². The van der Waals surface area contributed by atoms with Crippen molar-refractivity contribution < 1.29 is 0 Å². The zero-order chi connectivity index (χ0) is 20.1. The molecule has 0 spiro atoms. The maximum Gasteiger partial charge on any atom is 0.293 e. The first-order valence-electron chi connectivity index (χ1n) is 9.20. The fraction of sp³-hybridized carbons (Fsp3) is 0.250. The van der Waals surface area contributed by atoms with Crippen molar-refractivity contribution in [3.63, 3.8) is 0 Å². The second-order valence-electron chi connectivity index (χ2n) is 7.08. The van der Waals surface area contributed by atoms with E-state index in [4.69, 9.17) is 11.6 Å². The number of rotatable bonds is 2. The highest BCUT2D eigenvalue weighted by Crippen LogP contribution is 2.30. The molecule has 0 N–H and O–H groups in total. The molecule has 0 saturated heterocycles. The number of nitrogens with zero attached hydrogens (tertiary/aromatic N) is 6. The van der Waals surface area contributed by atoms with Crippen molar-refractivity contribution in [3.8, 4) is 10.4 Å². The highest BCUT2D eigenvalue weighted by atomic mass is 35.5. The first-order valence-corrected chi connectivity index (χ1v) is 10.4. The van der Waals surface area contributed by atoms with Gasteiger partial charge in [-0.05, 0) is 37.1 Å². The molecule has 4 aromatic rings. The average Bonchev–Trinajstić information content (AvgIpc) is 3.16. The monoisotopic (exact) mass is 424 g/mol. The van der Waals surface area contributed by atoms with Crippen molar-refractivity contribution in [3.05, 3.63) is 67.9 Å². The van der Waals surface area contributed by atoms with Gasteiger partial charge in [0.15, 0.2) is 11.5 Å². The topological polar surface area (TPSA) is 76.3 Å². The van der Waals surface area contributed by atoms with Crippen molar-refractivity contribution in [2.24, 2.45) is 0 Å². The van der Waals surface area contributed by atoms with Crippen LogP contribution in [0.5, 0.6) is 0 Å². The Kier molecular flexibility index (Phi) is 4.33. The average molecular weight is 425 g/mol. The standard InChI is InChI=1S/C20H17ClN6OS/c1-11-5-18-24-8-15(21)20(28)27(18)25-19(11)26-4-3-16-14(10-26)6-13(7-23-16)17-9-22-12(2)29-17/h5-9H,3-4,10H2,1-2H3. The second kappa shape index (κ2) is 6.89. The Hall–Kier alpha value is -2.84. The molecule has 5 rings (SSSR count). The summed E-state index contributed by atoms with van der Waals surface area (Å²) in [6.45, 7) is 5.43. The molecule has 0 unspecified atom stereocenters. The second-order valence-corrected chi connectivity index (χ2v) is 8.72. The smallest absolute Gasteiger partial charge is 0.293 e. The predicted octanol–water partition coefficient (Wildman–Crippen LogP) is 3.44. The van der Waals surface area contributed by atoms with Crippen LogP contribution in [-0.2, 0) is 13.0 Å². The summed E-state index contributed by atoms with van der Waals surface area (Å²) in [5, 5.41) is 5.66. The molecule has 1 aliphatic rings. The van der Waals surface area contributed by atoms with Crippen LogP contribution < -0.4 is 10.5 Å². The molecule has 0 saturated carbocycles. The van der Waals surface area contributed by atoms with Gasteiger partial charge in [0.25, 0.3) is 5.56 Å². The third-order valence-corrected chi connectivity index (χ3v) is 6.28. The first-order chi connectivity index (χ1) is 14.0. The van der Waals surface area contributed by atoms with Crippen LogP contribution in [-0.4, -0.2) is 31.1 Å². The molecule has 1 aliphatic heterocycles. The van der Waals surface area contributed by atoms with Gasteiger partial charge in [-0.2, -0.15) is 4.52 Å². The summed E-state index contributed by atoms with van der Waals surface area (Å²) < 4.78 is 1.27. The molecule has 0 fully saturated rings. The van der Waals surface area contributed by atoms with E-state index in [9.17, 15) is 4.79 Å². The van der Waals surface area contributed by atoms with Crippen LogP contribution in [0.1, 0.15) is 21.8 Å². The Labute approximate surface area is 175 Å². The van der Waals surface area contributed by atoms with Gasteiger partial charge >= 0.3 is 0 Å². The van der Waals surface area contributed by atoms with E-state index < -0.39 is 0 Å². The van der Waals surface area contributed by atoms with E-state index in [1.165, 1.54) is 10.7 Å². The number of pyridine rings is 1. The largest absolute Gasteiger partial charge is 0.350 e. The third kappa shape index (κ3) is 3.18. The van der Waals surface area contributed by atoms with Crippen LogP contribution in [0.2, 0.25) is 5.02 Å². The normalized spacial score (nSPS) is 13.7. The van der Waals surface area contributed by atoms with Crippen LogP contribution in [0.3, 0.4) is 0 Å². The Morgan fingerprint density at radius 3 is 2.76 bits per heavy atom. The summed E-state index contributed by atoms with van der Waals surface area (Å²) in [7, 11) is 0. The van der Waals surface area contributed by atoms with Gasteiger partial charge < -0.3 is 4.90 Å². The minimum Gasteiger partial charge on any atom is -0.350 e. The fourth-order valence-corrected chi connectivity index (χ4v) is 4.50. The Balaban J connectivity index is 1.54. The van der Waals surface area contributed by atoms with E-state index in [1.807, 2.05) is 32.3 Å². The lowest BCUT2D eigenvalue weighted by Gasteiger charge is -2.30. The van der Waals surface area contributed by atoms with Crippen LogP contribution >= 0.6 is 22.9 Å². The zero-order valence-electron chi connectivity index (χ0n) is 15.9. The van der Waals surface area contributed by atoms with Gasteiger partial charge in [0.2, 0.25) is 0 Å². The molecule has 7 nitrogen and oxygen atoms in total. The fourth-order valence-electron chi connectivity index (χ4n) is 3.61. The van der Waals surface area contributed by atoms with Gasteiger partial charge in [-0.25, -0.2) is 9.97 Å². The number of fused-ring (bicyclic) bond motifs is 2. The molecular weight excluding hydrogens is 408 g/mol. The summed E-state index contributed by atoms with van der Waals surface area (Å²) >= 11 is 7.61. The van der Waals surface area contributed by atoms with E-state index in [2.05, 4.69) is 31.0 Å². The van der Waals surface area contributed by atoms with Crippen molar-refractivity contribution in [1.82, 2.24) is 24.6 Å². The van der Waals surface area contributed by atoms with Crippen molar-refractivity contribution in [2.75, 3.05) is 11.4 Å². The predicted molar refractivity (Wildman–Crippen MR) is 114 cm³/mol. The number of hydrogen-bond donors (Lipinski definition) is 0. The molecule has 0 radical (unpaired) electrons. The SMILES string of the molecule is Cc1ncc(-c2cnc3c(c2)CN(c2nn4c(=O)c(Cl)cnc4cc2C)CC3)s1. The quantitative estimate of drug-likeness (QED) is 0.490. The summed E-state index contributed by atoms with van der Waals surface area (Å²) in [4.78, 5) is 28.9. The summed E-state index contributed by atoms with van der Waals surface area (Å²) in [5.41, 5.74) is 4.43. The molecule has 0 amide bonds. The van der Waals surface area contributed by atoms with Crippen molar-refractivity contribution in [1.29, 1.82) is 0 Å². The highest BCUT2D eigenvalue weighted by molar-refractivity contribution is 7.15. The lowest BCUT2D eigenvalue weighted by atomic mass is 10.0. The van der Waals surface area contributed by atoms with Crippen LogP contribution in [0.15, 0.2) is 35.5 Å². The molecule has 29 heavy (non-hydrogen) atoms. The van der Waals surface area contributed by atoms with Crippen molar-refractivity contribution >= 4 is 34.4 Å². The third-order valence-electron chi connectivity index (χ3n) is 5.06. The summed E-state index contributed by atoms with van der Waals surface area (Å²) in [5.74, 6) is 0.758. The van der Waals surface area contributed by atoms with E-state index in [-0.39, 0.29) is 10.6 Å². The van der Waals surface area contributed by atoms with E-state index in [1.54, 1.807) is 11.3 Å². The number of aryl methyl sites for hydroxylation is 2. The first kappa shape index (κ1) is 18.2. The number of anilines is 1. The van der Waals surface area contributed by atoms with E-state index in [0.717, 1.165) is 51.1 Å². The van der Waals surface area contributed by atoms with Crippen LogP contribution in [0, 0.1) is 13.8 Å². The van der Waals surface area contributed by atoms with E-state index in [0.29, 0.717) is 12.2 Å². The summed E-state index contributed by atoms with van der Waals surface area (Å²) in [6, 6.07) is 4.05. The molecule has 0 aliphatic carbocycles. The Morgan fingerprint density at radius 1 is 1.10 bits per heavy atom. The molecule has 0 bridgehead atoms. The highest BCUT2D eigenvalue weighted by Gasteiger charge is 2.22. The van der Waals surface area contributed by atoms with Gasteiger partial charge in [-0.1, -0.05) is 11.6 Å². The summed E-state index contributed by atoms with van der Waals surface area (Å²) in [6.07, 6.45) is 6.00. The molecule has 5 heterocycles. The van der Waals surface area contributed by atoms with E-state index >= 15 is 0 Å². The minimum atomic E-state index is -0.361. The lowest BCUT2D eigenvalue weighted by molar-refractivity contribution is 0.686. The molecule has 0 aromatic carbocycles. The zero-order valence-corrected chi connectivity index (χ0v) is 17.5. The molecule has 4 aromatic heterocycles. The molecule has 9 heteroatoms. The van der Waals surface area contributed by atoms with Crippen molar-refractivity contribution in [2.45, 2.75) is 26.8 Å². The maximum absolute atomic E-state index is 12.4. The van der Waals surface area contributed by atoms with Gasteiger partial charge in [0.05, 0.1) is 16.1 Å². The van der Waals surface area contributed by atoms with Gasteiger partial charge in [-0.15, -0.1) is 16.4 Å². The molecule has 146 valence electrons.